The van der Waals surface area contributed by atoms with Gasteiger partial charge in [0.1, 0.15) is 5.75 Å². The normalized spacial score (nSPS) is 10.5. The Balaban J connectivity index is 1.79. The van der Waals surface area contributed by atoms with Gasteiger partial charge in [0.25, 0.3) is 5.91 Å². The maximum absolute atomic E-state index is 12.3. The maximum Gasteiger partial charge on any atom is 0.251 e. The summed E-state index contributed by atoms with van der Waals surface area (Å²) in [5.41, 5.74) is 1.97. The topological polar surface area (TPSA) is 79.5 Å². The molecule has 3 N–H and O–H groups in total. The lowest BCUT2D eigenvalue weighted by Gasteiger charge is -2.11. The molecule has 0 fully saturated rings. The molecule has 30 heavy (non-hydrogen) atoms. The molecule has 0 saturated carbocycles. The van der Waals surface area contributed by atoms with Crippen LogP contribution in [0.2, 0.25) is 0 Å². The van der Waals surface area contributed by atoms with Crippen LogP contribution in [0, 0.1) is 5.92 Å². The van der Waals surface area contributed by atoms with Gasteiger partial charge < -0.3 is 20.7 Å². The summed E-state index contributed by atoms with van der Waals surface area (Å²) in [7, 11) is 0. The highest BCUT2D eigenvalue weighted by atomic mass is 16.5. The Kier molecular flexibility index (Phi) is 9.71. The van der Waals surface area contributed by atoms with Crippen molar-refractivity contribution in [3.8, 4) is 5.75 Å². The molecular formula is C24H33N3O3. The van der Waals surface area contributed by atoms with Crippen molar-refractivity contribution in [2.45, 2.75) is 40.0 Å². The zero-order valence-electron chi connectivity index (χ0n) is 18.2. The van der Waals surface area contributed by atoms with E-state index in [1.165, 1.54) is 0 Å². The summed E-state index contributed by atoms with van der Waals surface area (Å²) >= 11 is 0. The highest BCUT2D eigenvalue weighted by molar-refractivity contribution is 5.98. The van der Waals surface area contributed by atoms with Gasteiger partial charge in [-0.05, 0) is 61.2 Å². The van der Waals surface area contributed by atoms with Crippen LogP contribution in [0.4, 0.5) is 11.4 Å². The monoisotopic (exact) mass is 411 g/mol. The van der Waals surface area contributed by atoms with E-state index in [9.17, 15) is 9.59 Å². The van der Waals surface area contributed by atoms with Gasteiger partial charge in [0, 0.05) is 23.5 Å². The van der Waals surface area contributed by atoms with Gasteiger partial charge in [-0.1, -0.05) is 33.3 Å². The van der Waals surface area contributed by atoms with Gasteiger partial charge in [-0.3, -0.25) is 9.59 Å². The summed E-state index contributed by atoms with van der Waals surface area (Å²) in [4.78, 5) is 24.4. The second-order valence-corrected chi connectivity index (χ2v) is 7.65. The van der Waals surface area contributed by atoms with E-state index in [2.05, 4.69) is 36.7 Å². The Bertz CT molecular complexity index is 804. The fourth-order valence-electron chi connectivity index (χ4n) is 2.69. The van der Waals surface area contributed by atoms with Crippen molar-refractivity contribution in [2.75, 3.05) is 30.3 Å². The fourth-order valence-corrected chi connectivity index (χ4v) is 2.69. The summed E-state index contributed by atoms with van der Waals surface area (Å²) < 4.78 is 5.70. The van der Waals surface area contributed by atoms with E-state index < -0.39 is 0 Å². The number of unbranched alkanes of at least 4 members (excludes halogenated alkanes) is 1. The van der Waals surface area contributed by atoms with Gasteiger partial charge >= 0.3 is 0 Å². The van der Waals surface area contributed by atoms with Crippen LogP contribution < -0.4 is 20.7 Å². The van der Waals surface area contributed by atoms with Crippen LogP contribution in [0.5, 0.6) is 5.75 Å². The third kappa shape index (κ3) is 8.55. The van der Waals surface area contributed by atoms with Gasteiger partial charge in [0.2, 0.25) is 5.91 Å². The summed E-state index contributed by atoms with van der Waals surface area (Å²) in [5.74, 6) is 1.12. The lowest BCUT2D eigenvalue weighted by molar-refractivity contribution is -0.114. The molecule has 0 spiro atoms. The molecule has 0 unspecified atom stereocenters. The number of hydrogen-bond acceptors (Lipinski definition) is 4. The predicted octanol–water partition coefficient (Wildman–Crippen LogP) is 4.69. The van der Waals surface area contributed by atoms with Gasteiger partial charge in [-0.2, -0.15) is 0 Å². The van der Waals surface area contributed by atoms with Crippen molar-refractivity contribution >= 4 is 23.2 Å². The van der Waals surface area contributed by atoms with Crippen molar-refractivity contribution in [3.63, 3.8) is 0 Å². The molecule has 0 bridgehead atoms. The van der Waals surface area contributed by atoms with E-state index in [4.69, 9.17) is 4.74 Å². The molecule has 6 nitrogen and oxygen atoms in total. The van der Waals surface area contributed by atoms with Crippen LogP contribution in [-0.2, 0) is 4.79 Å². The van der Waals surface area contributed by atoms with Gasteiger partial charge in [-0.25, -0.2) is 0 Å². The van der Waals surface area contributed by atoms with Crippen molar-refractivity contribution in [1.82, 2.24) is 5.32 Å². The number of ether oxygens (including phenoxy) is 1. The van der Waals surface area contributed by atoms with Crippen LogP contribution in [0.3, 0.4) is 0 Å². The summed E-state index contributed by atoms with van der Waals surface area (Å²) in [6, 6.07) is 14.5. The molecule has 2 aromatic rings. The second-order valence-electron chi connectivity index (χ2n) is 7.65. The molecule has 0 aliphatic rings. The minimum Gasteiger partial charge on any atom is -0.494 e. The zero-order valence-corrected chi connectivity index (χ0v) is 18.2. The molecule has 0 radical (unpaired) electrons. The zero-order chi connectivity index (χ0) is 21.8. The number of benzene rings is 2. The molecule has 2 aromatic carbocycles. The first-order chi connectivity index (χ1) is 14.5. The van der Waals surface area contributed by atoms with Crippen LogP contribution in [0.1, 0.15) is 50.4 Å². The molecule has 0 aliphatic heterocycles. The van der Waals surface area contributed by atoms with Crippen molar-refractivity contribution in [2.24, 2.45) is 5.92 Å². The minimum atomic E-state index is -0.184. The fraction of sp³-hybridized carbons (Fsp3) is 0.417. The van der Waals surface area contributed by atoms with Crippen LogP contribution >= 0.6 is 0 Å². The van der Waals surface area contributed by atoms with E-state index >= 15 is 0 Å². The molecule has 2 amide bonds. The number of carbonyl (C=O) groups excluding carboxylic acids is 2. The third-order valence-corrected chi connectivity index (χ3v) is 4.50. The number of amides is 2. The first-order valence-electron chi connectivity index (χ1n) is 10.6. The Morgan fingerprint density at radius 1 is 1.03 bits per heavy atom. The molecule has 0 aromatic heterocycles. The van der Waals surface area contributed by atoms with Crippen LogP contribution in [-0.4, -0.2) is 31.5 Å². The number of rotatable bonds is 12. The lowest BCUT2D eigenvalue weighted by Crippen LogP contribution is -2.25. The van der Waals surface area contributed by atoms with Crippen molar-refractivity contribution in [1.29, 1.82) is 0 Å². The van der Waals surface area contributed by atoms with E-state index in [0.29, 0.717) is 30.3 Å². The third-order valence-electron chi connectivity index (χ3n) is 4.50. The Labute approximate surface area is 179 Å². The van der Waals surface area contributed by atoms with Gasteiger partial charge in [0.05, 0.1) is 13.2 Å². The largest absolute Gasteiger partial charge is 0.494 e. The lowest BCUT2D eigenvalue weighted by atomic mass is 10.1. The number of carbonyl (C=O) groups is 2. The number of hydrogen-bond donors (Lipinski definition) is 3. The second kappa shape index (κ2) is 12.5. The predicted molar refractivity (Wildman–Crippen MR) is 122 cm³/mol. The smallest absolute Gasteiger partial charge is 0.251 e. The molecule has 0 aliphatic carbocycles. The Morgan fingerprint density at radius 3 is 2.50 bits per heavy atom. The van der Waals surface area contributed by atoms with E-state index in [-0.39, 0.29) is 18.4 Å². The highest BCUT2D eigenvalue weighted by Gasteiger charge is 2.08. The maximum atomic E-state index is 12.3. The molecule has 0 saturated heterocycles. The molecule has 6 heteroatoms. The van der Waals surface area contributed by atoms with E-state index in [1.807, 2.05) is 24.3 Å². The highest BCUT2D eigenvalue weighted by Crippen LogP contribution is 2.16. The van der Waals surface area contributed by atoms with E-state index in [1.54, 1.807) is 24.3 Å². The number of nitrogens with one attached hydrogen (secondary N) is 3. The summed E-state index contributed by atoms with van der Waals surface area (Å²) in [6.45, 7) is 7.88. The standard InChI is InChI=1S/C24H33N3O3/c1-4-5-14-25-24(29)19-7-6-8-21(16-19)27-23(28)17-26-20-9-11-22(12-10-20)30-15-13-18(2)3/h6-12,16,18,26H,4-5,13-15,17H2,1-3H3,(H,25,29)(H,27,28). The van der Waals surface area contributed by atoms with E-state index in [0.717, 1.165) is 30.7 Å². The average Bonchev–Trinajstić information content (AvgIpc) is 2.73. The molecule has 0 heterocycles. The first-order valence-corrected chi connectivity index (χ1v) is 10.6. The number of anilines is 2. The first kappa shape index (κ1) is 23.3. The van der Waals surface area contributed by atoms with Gasteiger partial charge in [-0.15, -0.1) is 0 Å². The Hall–Kier alpha value is -3.02. The minimum absolute atomic E-state index is 0.125. The SMILES string of the molecule is CCCCNC(=O)c1cccc(NC(=O)CNc2ccc(OCCC(C)C)cc2)c1. The van der Waals surface area contributed by atoms with Crippen LogP contribution in [0.25, 0.3) is 0 Å². The summed E-state index contributed by atoms with van der Waals surface area (Å²) in [6.07, 6.45) is 2.98. The van der Waals surface area contributed by atoms with Crippen molar-refractivity contribution in [3.05, 3.63) is 54.1 Å². The summed E-state index contributed by atoms with van der Waals surface area (Å²) in [5, 5.41) is 8.78. The van der Waals surface area contributed by atoms with Crippen LogP contribution in [0.15, 0.2) is 48.5 Å². The Morgan fingerprint density at radius 2 is 1.80 bits per heavy atom. The molecule has 0 atom stereocenters. The molecule has 162 valence electrons. The van der Waals surface area contributed by atoms with Crippen molar-refractivity contribution < 1.29 is 14.3 Å². The molecule has 2 rings (SSSR count). The average molecular weight is 412 g/mol. The van der Waals surface area contributed by atoms with Gasteiger partial charge in [0.15, 0.2) is 0 Å². The molecular weight excluding hydrogens is 378 g/mol. The quantitative estimate of drug-likeness (QED) is 0.443.